The zero-order valence-electron chi connectivity index (χ0n) is 10.2. The number of hydrogen-bond acceptors (Lipinski definition) is 1. The fraction of sp³-hybridized carbons (Fsp3) is 0.250. The quantitative estimate of drug-likeness (QED) is 0.793. The molecule has 0 heterocycles. The fourth-order valence-corrected chi connectivity index (χ4v) is 2.51. The molecule has 1 aliphatic rings. The summed E-state index contributed by atoms with van der Waals surface area (Å²) in [5.74, 6) is 0.739. The Morgan fingerprint density at radius 3 is 2.83 bits per heavy atom. The van der Waals surface area contributed by atoms with Crippen LogP contribution in [0.5, 0.6) is 5.75 Å². The third-order valence-electron chi connectivity index (χ3n) is 3.39. The minimum atomic E-state index is -0.214. The van der Waals surface area contributed by atoms with Gasteiger partial charge in [-0.2, -0.15) is 0 Å². The first-order valence-corrected chi connectivity index (χ1v) is 6.31. The second-order valence-electron chi connectivity index (χ2n) is 4.67. The maximum Gasteiger partial charge on any atom is 0.123 e. The van der Waals surface area contributed by atoms with E-state index in [0.717, 1.165) is 24.2 Å². The van der Waals surface area contributed by atoms with Crippen molar-refractivity contribution < 1.29 is 9.13 Å². The predicted molar refractivity (Wildman–Crippen MR) is 69.2 cm³/mol. The van der Waals surface area contributed by atoms with Gasteiger partial charge < -0.3 is 4.74 Å². The van der Waals surface area contributed by atoms with Gasteiger partial charge in [0, 0.05) is 0 Å². The number of ether oxygens (including phenoxy) is 1. The summed E-state index contributed by atoms with van der Waals surface area (Å²) in [6.07, 6.45) is 3.44. The maximum atomic E-state index is 13.1. The molecule has 0 bridgehead atoms. The van der Waals surface area contributed by atoms with Crippen molar-refractivity contribution in [3.8, 4) is 5.75 Å². The monoisotopic (exact) mass is 242 g/mol. The van der Waals surface area contributed by atoms with Crippen LogP contribution in [-0.4, -0.2) is 0 Å². The van der Waals surface area contributed by atoms with E-state index in [-0.39, 0.29) is 5.82 Å². The van der Waals surface area contributed by atoms with Gasteiger partial charge in [0.2, 0.25) is 0 Å². The molecule has 1 aliphatic carbocycles. The molecular formula is C16H15FO. The second kappa shape index (κ2) is 4.81. The van der Waals surface area contributed by atoms with E-state index in [9.17, 15) is 4.39 Å². The summed E-state index contributed by atoms with van der Waals surface area (Å²) in [7, 11) is 0. The Balaban J connectivity index is 1.76. The standard InChI is InChI=1S/C16H15FO/c17-14-7-1-4-12(10-14)11-18-16-9-3-6-13-5-2-8-15(13)16/h1,3-4,6-7,9-10H,2,5,8,11H2. The zero-order valence-corrected chi connectivity index (χ0v) is 10.2. The molecule has 2 aromatic rings. The van der Waals surface area contributed by atoms with E-state index < -0.39 is 0 Å². The van der Waals surface area contributed by atoms with Gasteiger partial charge in [0.15, 0.2) is 0 Å². The van der Waals surface area contributed by atoms with Crippen molar-refractivity contribution in [3.63, 3.8) is 0 Å². The molecule has 0 aromatic heterocycles. The van der Waals surface area contributed by atoms with Gasteiger partial charge in [-0.1, -0.05) is 24.3 Å². The fourth-order valence-electron chi connectivity index (χ4n) is 2.51. The highest BCUT2D eigenvalue weighted by Gasteiger charge is 2.15. The Labute approximate surface area is 106 Å². The minimum absolute atomic E-state index is 0.214. The number of hydrogen-bond donors (Lipinski definition) is 0. The lowest BCUT2D eigenvalue weighted by atomic mass is 10.1. The molecule has 0 fully saturated rings. The highest BCUT2D eigenvalue weighted by Crippen LogP contribution is 2.30. The van der Waals surface area contributed by atoms with E-state index in [4.69, 9.17) is 4.74 Å². The molecule has 1 nitrogen and oxygen atoms in total. The number of aryl methyl sites for hydroxylation is 1. The molecule has 0 saturated heterocycles. The first kappa shape index (κ1) is 11.3. The van der Waals surface area contributed by atoms with Crippen LogP contribution in [0.15, 0.2) is 42.5 Å². The molecule has 2 aromatic carbocycles. The molecule has 0 spiro atoms. The summed E-state index contributed by atoms with van der Waals surface area (Å²) in [6.45, 7) is 0.425. The van der Waals surface area contributed by atoms with Gasteiger partial charge >= 0.3 is 0 Å². The normalized spacial score (nSPS) is 13.4. The van der Waals surface area contributed by atoms with Gasteiger partial charge in [0.25, 0.3) is 0 Å². The second-order valence-corrected chi connectivity index (χ2v) is 4.67. The number of rotatable bonds is 3. The number of halogens is 1. The van der Waals surface area contributed by atoms with Gasteiger partial charge in [-0.05, 0) is 54.2 Å². The van der Waals surface area contributed by atoms with Crippen LogP contribution in [0.1, 0.15) is 23.1 Å². The summed E-state index contributed by atoms with van der Waals surface area (Å²) in [4.78, 5) is 0. The Morgan fingerprint density at radius 2 is 1.94 bits per heavy atom. The molecule has 18 heavy (non-hydrogen) atoms. The average molecular weight is 242 g/mol. The van der Waals surface area contributed by atoms with Crippen molar-refractivity contribution in [3.05, 3.63) is 65.0 Å². The Bertz CT molecular complexity index is 563. The molecular weight excluding hydrogens is 227 g/mol. The van der Waals surface area contributed by atoms with E-state index in [1.54, 1.807) is 6.07 Å². The summed E-state index contributed by atoms with van der Waals surface area (Å²) < 4.78 is 18.9. The topological polar surface area (TPSA) is 9.23 Å². The van der Waals surface area contributed by atoms with Gasteiger partial charge in [-0.3, -0.25) is 0 Å². The Hall–Kier alpha value is -1.83. The molecule has 0 amide bonds. The van der Waals surface area contributed by atoms with Gasteiger partial charge in [0.1, 0.15) is 18.2 Å². The molecule has 0 aliphatic heterocycles. The van der Waals surface area contributed by atoms with Gasteiger partial charge in [-0.15, -0.1) is 0 Å². The van der Waals surface area contributed by atoms with E-state index in [1.807, 2.05) is 18.2 Å². The SMILES string of the molecule is Fc1cccc(COc2cccc3c2CCC3)c1. The summed E-state index contributed by atoms with van der Waals surface area (Å²) in [5.41, 5.74) is 3.59. The van der Waals surface area contributed by atoms with Crippen LogP contribution < -0.4 is 4.74 Å². The smallest absolute Gasteiger partial charge is 0.123 e. The van der Waals surface area contributed by atoms with Crippen molar-refractivity contribution in [2.24, 2.45) is 0 Å². The zero-order chi connectivity index (χ0) is 12.4. The van der Waals surface area contributed by atoms with Crippen molar-refractivity contribution in [2.45, 2.75) is 25.9 Å². The van der Waals surface area contributed by atoms with E-state index >= 15 is 0 Å². The average Bonchev–Trinajstić information content (AvgIpc) is 2.85. The van der Waals surface area contributed by atoms with Gasteiger partial charge in [-0.25, -0.2) is 4.39 Å². The van der Waals surface area contributed by atoms with E-state index in [1.165, 1.54) is 29.7 Å². The van der Waals surface area contributed by atoms with Crippen LogP contribution in [-0.2, 0) is 19.4 Å². The van der Waals surface area contributed by atoms with E-state index in [2.05, 4.69) is 6.07 Å². The molecule has 0 radical (unpaired) electrons. The minimum Gasteiger partial charge on any atom is -0.489 e. The van der Waals surface area contributed by atoms with Crippen molar-refractivity contribution >= 4 is 0 Å². The number of benzene rings is 2. The van der Waals surface area contributed by atoms with E-state index in [0.29, 0.717) is 6.61 Å². The molecule has 0 saturated carbocycles. The highest BCUT2D eigenvalue weighted by molar-refractivity contribution is 5.43. The predicted octanol–water partition coefficient (Wildman–Crippen LogP) is 3.89. The van der Waals surface area contributed by atoms with Crippen LogP contribution >= 0.6 is 0 Å². The summed E-state index contributed by atoms with van der Waals surface area (Å²) in [5, 5.41) is 0. The molecule has 92 valence electrons. The molecule has 3 rings (SSSR count). The van der Waals surface area contributed by atoms with Crippen LogP contribution in [0.4, 0.5) is 4.39 Å². The summed E-state index contributed by atoms with van der Waals surface area (Å²) in [6, 6.07) is 12.8. The Kier molecular flexibility index (Phi) is 3.01. The molecule has 0 N–H and O–H groups in total. The van der Waals surface area contributed by atoms with Gasteiger partial charge in [0.05, 0.1) is 0 Å². The van der Waals surface area contributed by atoms with Crippen LogP contribution in [0.25, 0.3) is 0 Å². The highest BCUT2D eigenvalue weighted by atomic mass is 19.1. The third-order valence-corrected chi connectivity index (χ3v) is 3.39. The first-order valence-electron chi connectivity index (χ1n) is 6.31. The lowest BCUT2D eigenvalue weighted by molar-refractivity contribution is 0.302. The largest absolute Gasteiger partial charge is 0.489 e. The third kappa shape index (κ3) is 2.23. The first-order chi connectivity index (χ1) is 8.83. The molecule has 0 unspecified atom stereocenters. The maximum absolute atomic E-state index is 13.1. The van der Waals surface area contributed by atoms with Crippen LogP contribution in [0.3, 0.4) is 0 Å². The lowest BCUT2D eigenvalue weighted by Gasteiger charge is -2.10. The Morgan fingerprint density at radius 1 is 1.06 bits per heavy atom. The van der Waals surface area contributed by atoms with Crippen molar-refractivity contribution in [2.75, 3.05) is 0 Å². The molecule has 2 heteroatoms. The van der Waals surface area contributed by atoms with Crippen molar-refractivity contribution in [1.82, 2.24) is 0 Å². The lowest BCUT2D eigenvalue weighted by Crippen LogP contribution is -1.98. The molecule has 0 atom stereocenters. The summed E-state index contributed by atoms with van der Waals surface area (Å²) >= 11 is 0. The van der Waals surface area contributed by atoms with Crippen LogP contribution in [0, 0.1) is 5.82 Å². The number of fused-ring (bicyclic) bond motifs is 1. The van der Waals surface area contributed by atoms with Crippen LogP contribution in [0.2, 0.25) is 0 Å². The van der Waals surface area contributed by atoms with Crippen molar-refractivity contribution in [1.29, 1.82) is 0 Å².